The summed E-state index contributed by atoms with van der Waals surface area (Å²) in [6, 6.07) is 7.27. The van der Waals surface area contributed by atoms with Crippen LogP contribution < -0.4 is 16.0 Å². The summed E-state index contributed by atoms with van der Waals surface area (Å²) in [4.78, 5) is 26.3. The standard InChI is InChI=1S/C19H27ClN4O2/c20-14-5-4-8-17(13-14)22-18(25)21-16-9-11-24(12-10-16)19(26)23-15-6-2-1-3-7-15/h4-5,8,13,15-16H,1-3,6-7,9-12H2,(H,23,26)(H2,21,22,25). The molecule has 3 rings (SSSR count). The van der Waals surface area contributed by atoms with E-state index in [0.29, 0.717) is 29.8 Å². The first kappa shape index (κ1) is 18.8. The molecule has 2 aliphatic rings. The fourth-order valence-corrected chi connectivity index (χ4v) is 3.85. The highest BCUT2D eigenvalue weighted by Gasteiger charge is 2.25. The maximum absolute atomic E-state index is 12.4. The molecule has 1 saturated carbocycles. The lowest BCUT2D eigenvalue weighted by atomic mass is 9.95. The molecule has 0 bridgehead atoms. The number of carbonyl (C=O) groups excluding carboxylic acids is 2. The van der Waals surface area contributed by atoms with Crippen LogP contribution in [0.2, 0.25) is 5.02 Å². The van der Waals surface area contributed by atoms with E-state index in [-0.39, 0.29) is 18.1 Å². The van der Waals surface area contributed by atoms with E-state index in [1.54, 1.807) is 24.3 Å². The van der Waals surface area contributed by atoms with E-state index >= 15 is 0 Å². The second kappa shape index (κ2) is 9.12. The quantitative estimate of drug-likeness (QED) is 0.744. The van der Waals surface area contributed by atoms with Gasteiger partial charge >= 0.3 is 12.1 Å². The zero-order valence-corrected chi connectivity index (χ0v) is 15.7. The van der Waals surface area contributed by atoms with Crippen molar-refractivity contribution in [1.82, 2.24) is 15.5 Å². The van der Waals surface area contributed by atoms with Gasteiger partial charge in [0.05, 0.1) is 0 Å². The van der Waals surface area contributed by atoms with Gasteiger partial charge in [-0.15, -0.1) is 0 Å². The number of nitrogens with zero attached hydrogens (tertiary/aromatic N) is 1. The molecule has 2 fully saturated rings. The van der Waals surface area contributed by atoms with E-state index < -0.39 is 0 Å². The molecule has 1 saturated heterocycles. The molecule has 1 aromatic rings. The predicted octanol–water partition coefficient (Wildman–Crippen LogP) is 3.97. The van der Waals surface area contributed by atoms with Crippen LogP contribution in [0.25, 0.3) is 0 Å². The summed E-state index contributed by atoms with van der Waals surface area (Å²) in [5.41, 5.74) is 0.666. The van der Waals surface area contributed by atoms with Crippen molar-refractivity contribution in [2.75, 3.05) is 18.4 Å². The third-order valence-electron chi connectivity index (χ3n) is 5.13. The van der Waals surface area contributed by atoms with Crippen LogP contribution in [-0.2, 0) is 0 Å². The maximum Gasteiger partial charge on any atom is 0.319 e. The maximum atomic E-state index is 12.4. The fourth-order valence-electron chi connectivity index (χ4n) is 3.66. The summed E-state index contributed by atoms with van der Waals surface area (Å²) in [5, 5.41) is 9.51. The number of carbonyl (C=O) groups is 2. The summed E-state index contributed by atoms with van der Waals surface area (Å²) < 4.78 is 0. The number of amides is 4. The lowest BCUT2D eigenvalue weighted by molar-refractivity contribution is 0.170. The van der Waals surface area contributed by atoms with Gasteiger partial charge in [0.2, 0.25) is 0 Å². The van der Waals surface area contributed by atoms with Crippen molar-refractivity contribution < 1.29 is 9.59 Å². The van der Waals surface area contributed by atoms with E-state index in [1.165, 1.54) is 19.3 Å². The molecular weight excluding hydrogens is 352 g/mol. The van der Waals surface area contributed by atoms with Crippen molar-refractivity contribution >= 4 is 29.4 Å². The van der Waals surface area contributed by atoms with E-state index in [0.717, 1.165) is 25.7 Å². The van der Waals surface area contributed by atoms with Gasteiger partial charge in [0, 0.05) is 35.9 Å². The Morgan fingerprint density at radius 2 is 1.65 bits per heavy atom. The first-order chi connectivity index (χ1) is 12.6. The second-order valence-corrected chi connectivity index (χ2v) is 7.59. The topological polar surface area (TPSA) is 73.5 Å². The van der Waals surface area contributed by atoms with Crippen LogP contribution in [0.4, 0.5) is 15.3 Å². The highest BCUT2D eigenvalue weighted by atomic mass is 35.5. The zero-order valence-electron chi connectivity index (χ0n) is 15.0. The lowest BCUT2D eigenvalue weighted by Crippen LogP contribution is -2.52. The Bertz CT molecular complexity index is 626. The SMILES string of the molecule is O=C(Nc1cccc(Cl)c1)NC1CCN(C(=O)NC2CCCCC2)CC1. The Morgan fingerprint density at radius 1 is 0.962 bits per heavy atom. The molecule has 4 amide bonds. The number of nitrogens with one attached hydrogen (secondary N) is 3. The minimum atomic E-state index is -0.239. The second-order valence-electron chi connectivity index (χ2n) is 7.15. The number of benzene rings is 1. The molecule has 7 heteroatoms. The number of hydrogen-bond donors (Lipinski definition) is 3. The number of likely N-dealkylation sites (tertiary alicyclic amines) is 1. The summed E-state index contributed by atoms with van der Waals surface area (Å²) in [6.07, 6.45) is 7.40. The van der Waals surface area contributed by atoms with Crippen LogP contribution in [0.5, 0.6) is 0 Å². The van der Waals surface area contributed by atoms with E-state index in [9.17, 15) is 9.59 Å². The monoisotopic (exact) mass is 378 g/mol. The zero-order chi connectivity index (χ0) is 18.4. The smallest absolute Gasteiger partial charge is 0.319 e. The third-order valence-corrected chi connectivity index (χ3v) is 5.37. The van der Waals surface area contributed by atoms with Gasteiger partial charge < -0.3 is 20.9 Å². The van der Waals surface area contributed by atoms with Crippen molar-refractivity contribution in [3.05, 3.63) is 29.3 Å². The van der Waals surface area contributed by atoms with Crippen molar-refractivity contribution in [2.45, 2.75) is 57.0 Å². The molecule has 1 aromatic carbocycles. The Morgan fingerprint density at radius 3 is 2.35 bits per heavy atom. The van der Waals surface area contributed by atoms with Crippen molar-refractivity contribution in [1.29, 1.82) is 0 Å². The Labute approximate surface area is 159 Å². The molecule has 6 nitrogen and oxygen atoms in total. The Kier molecular flexibility index (Phi) is 6.61. The summed E-state index contributed by atoms with van der Waals surface area (Å²) in [6.45, 7) is 1.33. The molecule has 142 valence electrons. The van der Waals surface area contributed by atoms with Crippen LogP contribution in [0.15, 0.2) is 24.3 Å². The fraction of sp³-hybridized carbons (Fsp3) is 0.579. The summed E-state index contributed by atoms with van der Waals surface area (Å²) in [5.74, 6) is 0. The van der Waals surface area contributed by atoms with Crippen LogP contribution in [0.3, 0.4) is 0 Å². The molecule has 26 heavy (non-hydrogen) atoms. The van der Waals surface area contributed by atoms with Crippen LogP contribution >= 0.6 is 11.6 Å². The van der Waals surface area contributed by atoms with Crippen LogP contribution in [-0.4, -0.2) is 42.1 Å². The molecule has 0 aromatic heterocycles. The van der Waals surface area contributed by atoms with E-state index in [2.05, 4.69) is 16.0 Å². The number of halogens is 1. The van der Waals surface area contributed by atoms with Gasteiger partial charge in [0.15, 0.2) is 0 Å². The van der Waals surface area contributed by atoms with Gasteiger partial charge in [-0.3, -0.25) is 0 Å². The van der Waals surface area contributed by atoms with Gasteiger partial charge in [0.25, 0.3) is 0 Å². The Hall–Kier alpha value is -1.95. The highest BCUT2D eigenvalue weighted by Crippen LogP contribution is 2.19. The van der Waals surface area contributed by atoms with Gasteiger partial charge in [-0.2, -0.15) is 0 Å². The van der Waals surface area contributed by atoms with Crippen molar-refractivity contribution in [3.8, 4) is 0 Å². The van der Waals surface area contributed by atoms with Crippen LogP contribution in [0, 0.1) is 0 Å². The minimum absolute atomic E-state index is 0.0405. The molecule has 1 aliphatic heterocycles. The van der Waals surface area contributed by atoms with E-state index in [1.807, 2.05) is 4.90 Å². The molecule has 0 atom stereocenters. The van der Waals surface area contributed by atoms with Crippen LogP contribution in [0.1, 0.15) is 44.9 Å². The molecule has 0 radical (unpaired) electrons. The van der Waals surface area contributed by atoms with Crippen molar-refractivity contribution in [3.63, 3.8) is 0 Å². The Balaban J connectivity index is 1.39. The number of anilines is 1. The first-order valence-corrected chi connectivity index (χ1v) is 9.86. The molecule has 3 N–H and O–H groups in total. The molecule has 1 heterocycles. The van der Waals surface area contributed by atoms with Crippen molar-refractivity contribution in [2.24, 2.45) is 0 Å². The lowest BCUT2D eigenvalue weighted by Gasteiger charge is -2.34. The van der Waals surface area contributed by atoms with Gasteiger partial charge in [-0.25, -0.2) is 9.59 Å². The minimum Gasteiger partial charge on any atom is -0.335 e. The van der Waals surface area contributed by atoms with Gasteiger partial charge in [-0.05, 0) is 43.9 Å². The third kappa shape index (κ3) is 5.53. The summed E-state index contributed by atoms with van der Waals surface area (Å²) in [7, 11) is 0. The number of hydrogen-bond acceptors (Lipinski definition) is 2. The molecule has 1 aliphatic carbocycles. The normalized spacial score (nSPS) is 19.0. The molecule has 0 spiro atoms. The summed E-state index contributed by atoms with van der Waals surface area (Å²) >= 11 is 5.92. The van der Waals surface area contributed by atoms with Gasteiger partial charge in [-0.1, -0.05) is 36.9 Å². The predicted molar refractivity (Wildman–Crippen MR) is 104 cm³/mol. The number of piperidine rings is 1. The first-order valence-electron chi connectivity index (χ1n) is 9.49. The van der Waals surface area contributed by atoms with E-state index in [4.69, 9.17) is 11.6 Å². The van der Waals surface area contributed by atoms with Gasteiger partial charge in [0.1, 0.15) is 0 Å². The number of rotatable bonds is 3. The molecular formula is C19H27ClN4O2. The molecule has 0 unspecified atom stereocenters. The highest BCUT2D eigenvalue weighted by molar-refractivity contribution is 6.30. The number of urea groups is 2. The average Bonchev–Trinajstić information content (AvgIpc) is 2.63. The largest absolute Gasteiger partial charge is 0.335 e. The average molecular weight is 379 g/mol.